The van der Waals surface area contributed by atoms with E-state index in [1.807, 2.05) is 25.1 Å². The van der Waals surface area contributed by atoms with E-state index in [2.05, 4.69) is 16.0 Å². The number of carbonyl (C=O) groups is 2. The summed E-state index contributed by atoms with van der Waals surface area (Å²) in [5.74, 6) is -0.242. The predicted octanol–water partition coefficient (Wildman–Crippen LogP) is 0.331. The summed E-state index contributed by atoms with van der Waals surface area (Å²) in [5.41, 5.74) is 0.611. The van der Waals surface area contributed by atoms with E-state index in [0.29, 0.717) is 31.8 Å². The monoisotopic (exact) mass is 327 g/mol. The Kier molecular flexibility index (Phi) is 7.87. The van der Waals surface area contributed by atoms with Crippen molar-refractivity contribution in [2.45, 2.75) is 19.1 Å². The molecule has 1 fully saturated rings. The van der Waals surface area contributed by atoms with Gasteiger partial charge in [0.1, 0.15) is 6.04 Å². The highest BCUT2D eigenvalue weighted by Gasteiger charge is 2.27. The van der Waals surface area contributed by atoms with Crippen molar-refractivity contribution in [3.05, 3.63) is 35.9 Å². The van der Waals surface area contributed by atoms with E-state index >= 15 is 0 Å². The number of halogens is 1. The molecule has 2 amide bonds. The van der Waals surface area contributed by atoms with E-state index in [0.717, 1.165) is 0 Å². The third-order valence-corrected chi connectivity index (χ3v) is 3.34. The van der Waals surface area contributed by atoms with Crippen molar-refractivity contribution in [3.63, 3.8) is 0 Å². The van der Waals surface area contributed by atoms with E-state index in [-0.39, 0.29) is 36.4 Å². The lowest BCUT2D eigenvalue weighted by atomic mass is 10.1. The second-order valence-corrected chi connectivity index (χ2v) is 4.92. The lowest BCUT2D eigenvalue weighted by Gasteiger charge is -2.29. The molecule has 1 heterocycles. The maximum absolute atomic E-state index is 12.0. The number of nitrogens with one attached hydrogen (secondary N) is 3. The van der Waals surface area contributed by atoms with Crippen LogP contribution in [0.15, 0.2) is 30.3 Å². The summed E-state index contributed by atoms with van der Waals surface area (Å²) in [6, 6.07) is 8.65. The van der Waals surface area contributed by atoms with Gasteiger partial charge in [0.05, 0.1) is 12.7 Å². The van der Waals surface area contributed by atoms with Crippen LogP contribution in [0, 0.1) is 0 Å². The van der Waals surface area contributed by atoms with Crippen LogP contribution in [-0.4, -0.2) is 50.2 Å². The Hall–Kier alpha value is -1.63. The fraction of sp³-hybridized carbons (Fsp3) is 0.467. The van der Waals surface area contributed by atoms with Gasteiger partial charge in [-0.3, -0.25) is 9.59 Å². The highest BCUT2D eigenvalue weighted by molar-refractivity contribution is 5.94. The molecular formula is C15H22ClN3O3. The van der Waals surface area contributed by atoms with Crippen LogP contribution in [0.4, 0.5) is 0 Å². The molecule has 3 N–H and O–H groups in total. The molecule has 1 aliphatic rings. The van der Waals surface area contributed by atoms with Crippen LogP contribution in [0.2, 0.25) is 0 Å². The Bertz CT molecular complexity index is 484. The highest BCUT2D eigenvalue weighted by Crippen LogP contribution is 2.03. The van der Waals surface area contributed by atoms with Gasteiger partial charge in [-0.2, -0.15) is 0 Å². The van der Waals surface area contributed by atoms with Gasteiger partial charge >= 0.3 is 0 Å². The average Bonchev–Trinajstić information content (AvgIpc) is 2.52. The molecule has 122 valence electrons. The Morgan fingerprint density at radius 2 is 1.91 bits per heavy atom. The Labute approximate surface area is 136 Å². The molecule has 1 aromatic rings. The van der Waals surface area contributed by atoms with Gasteiger partial charge in [-0.1, -0.05) is 18.2 Å². The second-order valence-electron chi connectivity index (χ2n) is 4.92. The minimum atomic E-state index is -0.330. The number of morpholine rings is 1. The maximum atomic E-state index is 12.0. The highest BCUT2D eigenvalue weighted by atomic mass is 35.5. The summed E-state index contributed by atoms with van der Waals surface area (Å²) in [4.78, 5) is 23.7. The van der Waals surface area contributed by atoms with Crippen LogP contribution in [0.3, 0.4) is 0 Å². The average molecular weight is 328 g/mol. The van der Waals surface area contributed by atoms with Gasteiger partial charge in [0.15, 0.2) is 0 Å². The van der Waals surface area contributed by atoms with Gasteiger partial charge in [0, 0.05) is 25.2 Å². The fourth-order valence-corrected chi connectivity index (χ4v) is 2.19. The molecule has 0 radical (unpaired) electrons. The number of hydrogen-bond donors (Lipinski definition) is 3. The molecule has 0 saturated carbocycles. The summed E-state index contributed by atoms with van der Waals surface area (Å²) in [6.45, 7) is 3.95. The first-order valence-electron chi connectivity index (χ1n) is 7.14. The van der Waals surface area contributed by atoms with Crippen molar-refractivity contribution < 1.29 is 14.3 Å². The van der Waals surface area contributed by atoms with Gasteiger partial charge in [-0.15, -0.1) is 12.4 Å². The predicted molar refractivity (Wildman–Crippen MR) is 86.2 cm³/mol. The lowest BCUT2D eigenvalue weighted by molar-refractivity contribution is -0.128. The molecule has 0 aromatic heterocycles. The van der Waals surface area contributed by atoms with Crippen LogP contribution in [-0.2, 0) is 9.53 Å². The first-order chi connectivity index (χ1) is 10.2. The van der Waals surface area contributed by atoms with Crippen molar-refractivity contribution in [1.82, 2.24) is 16.0 Å². The summed E-state index contributed by atoms with van der Waals surface area (Å²) in [6.07, 6.45) is -0.141. The van der Waals surface area contributed by atoms with E-state index in [1.54, 1.807) is 12.1 Å². The molecule has 22 heavy (non-hydrogen) atoms. The van der Waals surface area contributed by atoms with E-state index in [1.165, 1.54) is 0 Å². The molecule has 6 nitrogen and oxygen atoms in total. The second kappa shape index (κ2) is 9.40. The quantitative estimate of drug-likeness (QED) is 0.681. The van der Waals surface area contributed by atoms with Crippen LogP contribution < -0.4 is 16.0 Å². The molecule has 0 unspecified atom stereocenters. The zero-order valence-electron chi connectivity index (χ0n) is 12.5. The van der Waals surface area contributed by atoms with Crippen molar-refractivity contribution in [2.24, 2.45) is 0 Å². The van der Waals surface area contributed by atoms with E-state index < -0.39 is 0 Å². The largest absolute Gasteiger partial charge is 0.375 e. The summed E-state index contributed by atoms with van der Waals surface area (Å²) in [5, 5.41) is 8.68. The van der Waals surface area contributed by atoms with Crippen molar-refractivity contribution in [3.8, 4) is 0 Å². The zero-order chi connectivity index (χ0) is 15.1. The van der Waals surface area contributed by atoms with Crippen LogP contribution in [0.5, 0.6) is 0 Å². The first-order valence-corrected chi connectivity index (χ1v) is 7.14. The number of benzene rings is 1. The van der Waals surface area contributed by atoms with E-state index in [4.69, 9.17) is 4.74 Å². The van der Waals surface area contributed by atoms with Crippen LogP contribution in [0.1, 0.15) is 17.3 Å². The minimum absolute atomic E-state index is 0. The van der Waals surface area contributed by atoms with Crippen molar-refractivity contribution >= 4 is 24.2 Å². The third-order valence-electron chi connectivity index (χ3n) is 3.34. The van der Waals surface area contributed by atoms with E-state index in [9.17, 15) is 9.59 Å². The Balaban J connectivity index is 0.00000242. The smallest absolute Gasteiger partial charge is 0.251 e. The molecule has 1 saturated heterocycles. The molecule has 1 aromatic carbocycles. The SMILES string of the molecule is C[C@H]1OCCN[C@@H]1C(=O)NCCNC(=O)c1ccccc1.Cl. The lowest BCUT2D eigenvalue weighted by Crippen LogP contribution is -2.56. The normalized spacial score (nSPS) is 20.6. The first kappa shape index (κ1) is 18.4. The molecule has 2 atom stereocenters. The standard InChI is InChI=1S/C15H21N3O3.ClH/c1-11-13(16-9-10-21-11)15(20)18-8-7-17-14(19)12-5-3-2-4-6-12;/h2-6,11,13,16H,7-10H2,1H3,(H,17,19)(H,18,20);1H/t11-,13+;/m1./s1. The minimum Gasteiger partial charge on any atom is -0.375 e. The molecule has 0 spiro atoms. The van der Waals surface area contributed by atoms with Crippen LogP contribution in [0.25, 0.3) is 0 Å². The summed E-state index contributed by atoms with van der Waals surface area (Å²) >= 11 is 0. The van der Waals surface area contributed by atoms with Gasteiger partial charge in [-0.05, 0) is 19.1 Å². The van der Waals surface area contributed by atoms with Gasteiger partial charge in [0.2, 0.25) is 5.91 Å². The molecule has 2 rings (SSSR count). The molecule has 0 aliphatic carbocycles. The number of rotatable bonds is 5. The zero-order valence-corrected chi connectivity index (χ0v) is 13.3. The van der Waals surface area contributed by atoms with Gasteiger partial charge in [-0.25, -0.2) is 0 Å². The number of hydrogen-bond acceptors (Lipinski definition) is 4. The number of carbonyl (C=O) groups excluding carboxylic acids is 2. The maximum Gasteiger partial charge on any atom is 0.251 e. The molecule has 0 bridgehead atoms. The Morgan fingerprint density at radius 3 is 2.59 bits per heavy atom. The van der Waals surface area contributed by atoms with Gasteiger partial charge < -0.3 is 20.7 Å². The van der Waals surface area contributed by atoms with Crippen molar-refractivity contribution in [2.75, 3.05) is 26.2 Å². The molecular weight excluding hydrogens is 306 g/mol. The summed E-state index contributed by atoms with van der Waals surface area (Å²) < 4.78 is 5.42. The van der Waals surface area contributed by atoms with Crippen LogP contribution >= 0.6 is 12.4 Å². The molecule has 7 heteroatoms. The summed E-state index contributed by atoms with van der Waals surface area (Å²) in [7, 11) is 0. The molecule has 1 aliphatic heterocycles. The Morgan fingerprint density at radius 1 is 1.23 bits per heavy atom. The number of amides is 2. The number of ether oxygens (including phenoxy) is 1. The topological polar surface area (TPSA) is 79.5 Å². The fourth-order valence-electron chi connectivity index (χ4n) is 2.19. The van der Waals surface area contributed by atoms with Gasteiger partial charge in [0.25, 0.3) is 5.91 Å². The van der Waals surface area contributed by atoms with Crippen molar-refractivity contribution in [1.29, 1.82) is 0 Å². The third kappa shape index (κ3) is 5.29.